The molecule has 0 aliphatic carbocycles. The van der Waals surface area contributed by atoms with E-state index in [1.54, 1.807) is 30.3 Å². The molecule has 25 heavy (non-hydrogen) atoms. The molecule has 5 nitrogen and oxygen atoms in total. The molecule has 0 aliphatic heterocycles. The first-order valence-corrected chi connectivity index (χ1v) is 9.06. The second-order valence-corrected chi connectivity index (χ2v) is 7.18. The van der Waals surface area contributed by atoms with Crippen molar-refractivity contribution in [2.75, 3.05) is 0 Å². The summed E-state index contributed by atoms with van der Waals surface area (Å²) in [6.45, 7) is 0.0747. The van der Waals surface area contributed by atoms with Gasteiger partial charge >= 0.3 is 0 Å². The standard InChI is InChI=1S/C19H15N3O2S/c20-11-15-10-16(13-21-12-15)14-22-25(23,24)19-8-6-18(7-9-19)17-4-2-1-3-5-17/h1-10,12-13,22H,14H2. The lowest BCUT2D eigenvalue weighted by atomic mass is 10.1. The summed E-state index contributed by atoms with van der Waals surface area (Å²) in [6, 6.07) is 20.0. The van der Waals surface area contributed by atoms with E-state index in [1.807, 2.05) is 36.4 Å². The molecule has 3 aromatic rings. The molecule has 0 radical (unpaired) electrons. The van der Waals surface area contributed by atoms with Gasteiger partial charge in [0.15, 0.2) is 0 Å². The zero-order valence-corrected chi connectivity index (χ0v) is 14.1. The molecule has 124 valence electrons. The van der Waals surface area contributed by atoms with Gasteiger partial charge in [0.1, 0.15) is 6.07 Å². The number of nitrogens with zero attached hydrogens (tertiary/aromatic N) is 2. The molecule has 0 unspecified atom stereocenters. The van der Waals surface area contributed by atoms with Gasteiger partial charge in [0, 0.05) is 18.9 Å². The Kier molecular flexibility index (Phi) is 4.89. The third kappa shape index (κ3) is 4.10. The van der Waals surface area contributed by atoms with E-state index in [1.165, 1.54) is 12.4 Å². The van der Waals surface area contributed by atoms with Crippen LogP contribution in [0, 0.1) is 11.3 Å². The summed E-state index contributed by atoms with van der Waals surface area (Å²) in [5, 5.41) is 8.86. The Morgan fingerprint density at radius 1 is 0.960 bits per heavy atom. The Labute approximate surface area is 146 Å². The lowest BCUT2D eigenvalue weighted by Gasteiger charge is -2.08. The fourth-order valence-corrected chi connectivity index (χ4v) is 3.38. The Balaban J connectivity index is 1.75. The predicted octanol–water partition coefficient (Wildman–Crippen LogP) is 3.10. The van der Waals surface area contributed by atoms with Gasteiger partial charge in [-0.05, 0) is 34.9 Å². The molecule has 6 heteroatoms. The third-order valence-corrected chi connectivity index (χ3v) is 5.08. The van der Waals surface area contributed by atoms with Crippen molar-refractivity contribution in [3.8, 4) is 17.2 Å². The monoisotopic (exact) mass is 349 g/mol. The van der Waals surface area contributed by atoms with Crippen molar-refractivity contribution >= 4 is 10.0 Å². The number of rotatable bonds is 5. The molecule has 0 bridgehead atoms. The van der Waals surface area contributed by atoms with Crippen molar-refractivity contribution in [3.05, 3.63) is 84.2 Å². The Morgan fingerprint density at radius 3 is 2.32 bits per heavy atom. The van der Waals surface area contributed by atoms with Crippen molar-refractivity contribution in [3.63, 3.8) is 0 Å². The molecule has 1 aromatic heterocycles. The maximum Gasteiger partial charge on any atom is 0.240 e. The Morgan fingerprint density at radius 2 is 1.64 bits per heavy atom. The summed E-state index contributed by atoms with van der Waals surface area (Å²) in [6.07, 6.45) is 2.96. The van der Waals surface area contributed by atoms with Gasteiger partial charge in [-0.15, -0.1) is 0 Å². The second kappa shape index (κ2) is 7.26. The Bertz CT molecular complexity index is 1010. The molecule has 0 aliphatic rings. The zero-order valence-electron chi connectivity index (χ0n) is 13.3. The van der Waals surface area contributed by atoms with Crippen LogP contribution in [0.3, 0.4) is 0 Å². The molecular formula is C19H15N3O2S. The third-order valence-electron chi connectivity index (χ3n) is 3.66. The van der Waals surface area contributed by atoms with Crippen molar-refractivity contribution in [1.29, 1.82) is 5.26 Å². The van der Waals surface area contributed by atoms with Crippen LogP contribution in [0.15, 0.2) is 78.0 Å². The zero-order chi connectivity index (χ0) is 17.7. The van der Waals surface area contributed by atoms with Crippen LogP contribution in [0.2, 0.25) is 0 Å². The molecule has 3 rings (SSSR count). The van der Waals surface area contributed by atoms with Crippen LogP contribution in [0.25, 0.3) is 11.1 Å². The number of hydrogen-bond acceptors (Lipinski definition) is 4. The first-order chi connectivity index (χ1) is 12.1. The van der Waals surface area contributed by atoms with Crippen molar-refractivity contribution in [1.82, 2.24) is 9.71 Å². The highest BCUT2D eigenvalue weighted by Gasteiger charge is 2.14. The molecule has 0 amide bonds. The fraction of sp³-hybridized carbons (Fsp3) is 0.0526. The minimum Gasteiger partial charge on any atom is -0.263 e. The van der Waals surface area contributed by atoms with E-state index in [9.17, 15) is 8.42 Å². The number of hydrogen-bond donors (Lipinski definition) is 1. The molecule has 2 aromatic carbocycles. The summed E-state index contributed by atoms with van der Waals surface area (Å²) in [5.74, 6) is 0. The molecule has 1 N–H and O–H groups in total. The SMILES string of the molecule is N#Cc1cncc(CNS(=O)(=O)c2ccc(-c3ccccc3)cc2)c1. The number of benzene rings is 2. The van der Waals surface area contributed by atoms with E-state index in [0.29, 0.717) is 11.1 Å². The van der Waals surface area contributed by atoms with Crippen LogP contribution in [-0.4, -0.2) is 13.4 Å². The lowest BCUT2D eigenvalue weighted by Crippen LogP contribution is -2.23. The minimum absolute atomic E-state index is 0.0747. The van der Waals surface area contributed by atoms with Gasteiger partial charge in [-0.1, -0.05) is 42.5 Å². The van der Waals surface area contributed by atoms with Gasteiger partial charge in [-0.25, -0.2) is 13.1 Å². The molecular weight excluding hydrogens is 334 g/mol. The predicted molar refractivity (Wildman–Crippen MR) is 94.9 cm³/mol. The highest BCUT2D eigenvalue weighted by molar-refractivity contribution is 7.89. The molecule has 0 atom stereocenters. The first kappa shape index (κ1) is 16.8. The molecule has 0 spiro atoms. The molecule has 0 saturated carbocycles. The molecule has 0 saturated heterocycles. The van der Waals surface area contributed by atoms with Gasteiger partial charge in [-0.3, -0.25) is 4.98 Å². The van der Waals surface area contributed by atoms with Crippen LogP contribution < -0.4 is 4.72 Å². The van der Waals surface area contributed by atoms with Crippen LogP contribution in [0.5, 0.6) is 0 Å². The van der Waals surface area contributed by atoms with E-state index < -0.39 is 10.0 Å². The van der Waals surface area contributed by atoms with Gasteiger partial charge in [-0.2, -0.15) is 5.26 Å². The van der Waals surface area contributed by atoms with Crippen LogP contribution in [0.1, 0.15) is 11.1 Å². The largest absolute Gasteiger partial charge is 0.263 e. The topological polar surface area (TPSA) is 82.8 Å². The lowest BCUT2D eigenvalue weighted by molar-refractivity contribution is 0.581. The van der Waals surface area contributed by atoms with E-state index in [2.05, 4.69) is 9.71 Å². The first-order valence-electron chi connectivity index (χ1n) is 7.58. The van der Waals surface area contributed by atoms with Crippen molar-refractivity contribution < 1.29 is 8.42 Å². The fourth-order valence-electron chi connectivity index (χ4n) is 2.36. The highest BCUT2D eigenvalue weighted by Crippen LogP contribution is 2.21. The average molecular weight is 349 g/mol. The number of pyridine rings is 1. The van der Waals surface area contributed by atoms with Crippen LogP contribution >= 0.6 is 0 Å². The molecule has 1 heterocycles. The summed E-state index contributed by atoms with van der Waals surface area (Å²) in [5.41, 5.74) is 3.00. The molecule has 0 fully saturated rings. The normalized spacial score (nSPS) is 11.0. The van der Waals surface area contributed by atoms with Gasteiger partial charge in [0.05, 0.1) is 10.5 Å². The smallest absolute Gasteiger partial charge is 0.240 e. The minimum atomic E-state index is -3.64. The van der Waals surface area contributed by atoms with E-state index in [-0.39, 0.29) is 11.4 Å². The van der Waals surface area contributed by atoms with Crippen LogP contribution in [-0.2, 0) is 16.6 Å². The summed E-state index contributed by atoms with van der Waals surface area (Å²) in [4.78, 5) is 4.11. The number of nitrogens with one attached hydrogen (secondary N) is 1. The van der Waals surface area contributed by atoms with Crippen LogP contribution in [0.4, 0.5) is 0 Å². The van der Waals surface area contributed by atoms with Crippen molar-refractivity contribution in [2.24, 2.45) is 0 Å². The number of sulfonamides is 1. The summed E-state index contributed by atoms with van der Waals surface area (Å²) >= 11 is 0. The summed E-state index contributed by atoms with van der Waals surface area (Å²) in [7, 11) is -3.64. The maximum absolute atomic E-state index is 12.4. The number of aromatic nitrogens is 1. The van der Waals surface area contributed by atoms with Gasteiger partial charge in [0.25, 0.3) is 0 Å². The second-order valence-electron chi connectivity index (χ2n) is 5.41. The highest BCUT2D eigenvalue weighted by atomic mass is 32.2. The van der Waals surface area contributed by atoms with E-state index in [4.69, 9.17) is 5.26 Å². The van der Waals surface area contributed by atoms with Gasteiger partial charge < -0.3 is 0 Å². The van der Waals surface area contributed by atoms with Gasteiger partial charge in [0.2, 0.25) is 10.0 Å². The quantitative estimate of drug-likeness (QED) is 0.767. The average Bonchev–Trinajstić information content (AvgIpc) is 2.67. The number of nitriles is 1. The van der Waals surface area contributed by atoms with Crippen molar-refractivity contribution in [2.45, 2.75) is 11.4 Å². The summed E-state index contributed by atoms with van der Waals surface area (Å²) < 4.78 is 27.3. The maximum atomic E-state index is 12.4. The van der Waals surface area contributed by atoms with E-state index in [0.717, 1.165) is 11.1 Å². The Hall–Kier alpha value is -3.01. The van der Waals surface area contributed by atoms with E-state index >= 15 is 0 Å².